The molecule has 3 rings (SSSR count). The summed E-state index contributed by atoms with van der Waals surface area (Å²) >= 11 is 0. The molecule has 0 fully saturated rings. The highest BCUT2D eigenvalue weighted by Crippen LogP contribution is 2.26. The first-order chi connectivity index (χ1) is 14.5. The van der Waals surface area contributed by atoms with E-state index in [4.69, 9.17) is 0 Å². The number of aromatic nitrogens is 1. The largest absolute Gasteiger partial charge is 0.372 e. The number of hydrogen-bond donors (Lipinski definition) is 2. The molecule has 0 aliphatic carbocycles. The predicted octanol–water partition coefficient (Wildman–Crippen LogP) is 5.10. The number of aryl methyl sites for hydroxylation is 1. The fraction of sp³-hybridized carbons (Fsp3) is 0.208. The van der Waals surface area contributed by atoms with Crippen LogP contribution in [-0.4, -0.2) is 24.0 Å². The summed E-state index contributed by atoms with van der Waals surface area (Å²) in [6.07, 6.45) is 1.59. The Hall–Kier alpha value is -3.85. The zero-order valence-electron chi connectivity index (χ0n) is 17.4. The number of hydrogen-bond acceptors (Lipinski definition) is 5. The smallest absolute Gasteiger partial charge is 0.274 e. The molecule has 2 aromatic carbocycles. The van der Waals surface area contributed by atoms with Crippen molar-refractivity contribution in [1.82, 2.24) is 4.98 Å². The van der Waals surface area contributed by atoms with Crippen LogP contribution in [-0.2, 0) is 0 Å². The highest BCUT2D eigenvalue weighted by atomic mass is 16.1. The van der Waals surface area contributed by atoms with Crippen LogP contribution in [0.4, 0.5) is 22.7 Å². The second-order valence-electron chi connectivity index (χ2n) is 6.84. The van der Waals surface area contributed by atoms with Crippen molar-refractivity contribution in [2.24, 2.45) is 0 Å². The Morgan fingerprint density at radius 1 is 1.07 bits per heavy atom. The molecule has 0 unspecified atom stereocenters. The van der Waals surface area contributed by atoms with Gasteiger partial charge < -0.3 is 15.5 Å². The fourth-order valence-electron chi connectivity index (χ4n) is 3.24. The molecule has 0 radical (unpaired) electrons. The number of benzene rings is 2. The summed E-state index contributed by atoms with van der Waals surface area (Å²) < 4.78 is 0. The SMILES string of the molecule is CCN(CC)c1ccc(Nc2ccnc(C(=O)Nc3ccccc3C#N)c2)c(C)c1. The first-order valence-electron chi connectivity index (χ1n) is 9.94. The molecule has 6 heteroatoms. The van der Waals surface area contributed by atoms with Gasteiger partial charge in [0, 0.05) is 36.3 Å². The molecule has 0 aliphatic heterocycles. The first-order valence-corrected chi connectivity index (χ1v) is 9.94. The van der Waals surface area contributed by atoms with Gasteiger partial charge in [0.2, 0.25) is 0 Å². The molecule has 0 atom stereocenters. The van der Waals surface area contributed by atoms with Crippen molar-refractivity contribution in [2.45, 2.75) is 20.8 Å². The minimum Gasteiger partial charge on any atom is -0.372 e. The topological polar surface area (TPSA) is 81.1 Å². The molecule has 3 aromatic rings. The summed E-state index contributed by atoms with van der Waals surface area (Å²) in [5.74, 6) is -0.366. The van der Waals surface area contributed by atoms with Crippen molar-refractivity contribution in [3.63, 3.8) is 0 Å². The molecule has 0 saturated carbocycles. The average Bonchev–Trinajstić information content (AvgIpc) is 2.77. The number of para-hydroxylation sites is 1. The van der Waals surface area contributed by atoms with Gasteiger partial charge >= 0.3 is 0 Å². The summed E-state index contributed by atoms with van der Waals surface area (Å²) in [5, 5.41) is 15.3. The minimum atomic E-state index is -0.366. The lowest BCUT2D eigenvalue weighted by atomic mass is 10.1. The zero-order valence-corrected chi connectivity index (χ0v) is 17.4. The standard InChI is InChI=1S/C24H25N5O/c1-4-29(5-2)20-10-11-21(17(3)14-20)27-19-12-13-26-23(15-19)24(30)28-22-9-7-6-8-18(22)16-25/h6-15H,4-5H2,1-3H3,(H,26,27)(H,28,30). The lowest BCUT2D eigenvalue weighted by Crippen LogP contribution is -2.21. The number of amides is 1. The van der Waals surface area contributed by atoms with Crippen LogP contribution in [0.25, 0.3) is 0 Å². The van der Waals surface area contributed by atoms with E-state index >= 15 is 0 Å². The third-order valence-corrected chi connectivity index (χ3v) is 4.91. The molecular weight excluding hydrogens is 374 g/mol. The average molecular weight is 399 g/mol. The Morgan fingerprint density at radius 3 is 2.53 bits per heavy atom. The van der Waals surface area contributed by atoms with E-state index in [9.17, 15) is 10.1 Å². The van der Waals surface area contributed by atoms with Gasteiger partial charge in [0.15, 0.2) is 0 Å². The molecule has 0 aliphatic rings. The highest BCUT2D eigenvalue weighted by molar-refractivity contribution is 6.04. The summed E-state index contributed by atoms with van der Waals surface area (Å²) in [7, 11) is 0. The van der Waals surface area contributed by atoms with Gasteiger partial charge in [0.1, 0.15) is 11.8 Å². The quantitative estimate of drug-likeness (QED) is 0.577. The summed E-state index contributed by atoms with van der Waals surface area (Å²) in [5.41, 5.74) is 5.18. The summed E-state index contributed by atoms with van der Waals surface area (Å²) in [4.78, 5) is 19.1. The van der Waals surface area contributed by atoms with Crippen LogP contribution in [0.3, 0.4) is 0 Å². The van der Waals surface area contributed by atoms with Gasteiger partial charge in [-0.3, -0.25) is 9.78 Å². The third-order valence-electron chi connectivity index (χ3n) is 4.91. The van der Waals surface area contributed by atoms with Crippen LogP contribution < -0.4 is 15.5 Å². The molecule has 0 spiro atoms. The number of nitriles is 1. The van der Waals surface area contributed by atoms with Crippen molar-refractivity contribution in [1.29, 1.82) is 5.26 Å². The van der Waals surface area contributed by atoms with Gasteiger partial charge in [0.25, 0.3) is 5.91 Å². The van der Waals surface area contributed by atoms with Crippen LogP contribution in [0.15, 0.2) is 60.8 Å². The van der Waals surface area contributed by atoms with Gasteiger partial charge in [0.05, 0.1) is 11.3 Å². The minimum absolute atomic E-state index is 0.269. The van der Waals surface area contributed by atoms with Crippen molar-refractivity contribution in [3.8, 4) is 6.07 Å². The lowest BCUT2D eigenvalue weighted by Gasteiger charge is -2.22. The second-order valence-corrected chi connectivity index (χ2v) is 6.84. The van der Waals surface area contributed by atoms with E-state index in [-0.39, 0.29) is 11.6 Å². The first kappa shape index (κ1) is 20.9. The zero-order chi connectivity index (χ0) is 21.5. The molecule has 6 nitrogen and oxygen atoms in total. The van der Waals surface area contributed by atoms with E-state index in [2.05, 4.69) is 59.5 Å². The number of carbonyl (C=O) groups is 1. The van der Waals surface area contributed by atoms with E-state index < -0.39 is 0 Å². The van der Waals surface area contributed by atoms with Crippen LogP contribution in [0, 0.1) is 18.3 Å². The Balaban J connectivity index is 1.77. The van der Waals surface area contributed by atoms with Crippen molar-refractivity contribution >= 4 is 28.7 Å². The molecule has 1 heterocycles. The van der Waals surface area contributed by atoms with Gasteiger partial charge in [-0.1, -0.05) is 12.1 Å². The van der Waals surface area contributed by atoms with Crippen molar-refractivity contribution in [3.05, 3.63) is 77.6 Å². The predicted molar refractivity (Wildman–Crippen MR) is 121 cm³/mol. The Labute approximate surface area is 177 Å². The molecule has 152 valence electrons. The summed E-state index contributed by atoms with van der Waals surface area (Å²) in [6.45, 7) is 8.26. The third kappa shape index (κ3) is 4.76. The molecule has 2 N–H and O–H groups in total. The molecule has 1 aromatic heterocycles. The molecule has 0 bridgehead atoms. The Morgan fingerprint density at radius 2 is 1.83 bits per heavy atom. The van der Waals surface area contributed by atoms with E-state index in [1.165, 1.54) is 5.69 Å². The maximum absolute atomic E-state index is 12.6. The second kappa shape index (κ2) is 9.57. The van der Waals surface area contributed by atoms with Gasteiger partial charge in [-0.25, -0.2) is 0 Å². The van der Waals surface area contributed by atoms with Crippen molar-refractivity contribution < 1.29 is 4.79 Å². The van der Waals surface area contributed by atoms with Gasteiger partial charge in [-0.2, -0.15) is 5.26 Å². The summed E-state index contributed by atoms with van der Waals surface area (Å²) in [6, 6.07) is 18.8. The number of carbonyl (C=O) groups excluding carboxylic acids is 1. The monoisotopic (exact) mass is 399 g/mol. The van der Waals surface area contributed by atoms with Crippen molar-refractivity contribution in [2.75, 3.05) is 28.6 Å². The maximum Gasteiger partial charge on any atom is 0.274 e. The van der Waals surface area contributed by atoms with E-state index in [1.807, 2.05) is 12.1 Å². The van der Waals surface area contributed by atoms with Crippen LogP contribution in [0.5, 0.6) is 0 Å². The van der Waals surface area contributed by atoms with E-state index in [0.717, 1.165) is 30.0 Å². The number of anilines is 4. The lowest BCUT2D eigenvalue weighted by molar-refractivity contribution is 0.102. The van der Waals surface area contributed by atoms with Gasteiger partial charge in [-0.05, 0) is 68.8 Å². The Bertz CT molecular complexity index is 1080. The normalized spacial score (nSPS) is 10.2. The van der Waals surface area contributed by atoms with Gasteiger partial charge in [-0.15, -0.1) is 0 Å². The Kier molecular flexibility index (Phi) is 6.66. The number of nitrogens with zero attached hydrogens (tertiary/aromatic N) is 3. The van der Waals surface area contributed by atoms with E-state index in [1.54, 1.807) is 36.5 Å². The van der Waals surface area contributed by atoms with Crippen LogP contribution in [0.1, 0.15) is 35.5 Å². The molecule has 30 heavy (non-hydrogen) atoms. The fourth-order valence-corrected chi connectivity index (χ4v) is 3.24. The van der Waals surface area contributed by atoms with Crippen LogP contribution >= 0.6 is 0 Å². The number of nitrogens with one attached hydrogen (secondary N) is 2. The molecule has 0 saturated heterocycles. The highest BCUT2D eigenvalue weighted by Gasteiger charge is 2.12. The molecule has 1 amide bonds. The molecular formula is C24H25N5O. The maximum atomic E-state index is 12.6. The number of pyridine rings is 1. The van der Waals surface area contributed by atoms with E-state index in [0.29, 0.717) is 11.3 Å². The number of rotatable bonds is 7. The van der Waals surface area contributed by atoms with Crippen LogP contribution in [0.2, 0.25) is 0 Å².